The maximum atomic E-state index is 12.4. The van der Waals surface area contributed by atoms with Gasteiger partial charge in [-0.3, -0.25) is 4.79 Å². The fourth-order valence-corrected chi connectivity index (χ4v) is 3.46. The van der Waals surface area contributed by atoms with Crippen LogP contribution in [0.4, 0.5) is 5.69 Å². The van der Waals surface area contributed by atoms with E-state index in [1.54, 1.807) is 11.0 Å². The summed E-state index contributed by atoms with van der Waals surface area (Å²) in [6.07, 6.45) is 2.99. The lowest BCUT2D eigenvalue weighted by molar-refractivity contribution is -0.143. The van der Waals surface area contributed by atoms with Crippen LogP contribution in [-0.2, 0) is 14.3 Å². The van der Waals surface area contributed by atoms with Gasteiger partial charge in [0.25, 0.3) is 5.91 Å². The Kier molecular flexibility index (Phi) is 6.75. The first-order valence-electron chi connectivity index (χ1n) is 7.44. The lowest BCUT2D eigenvalue weighted by Gasteiger charge is -2.26. The molecule has 0 unspecified atom stereocenters. The first-order valence-corrected chi connectivity index (χ1v) is 9.05. The van der Waals surface area contributed by atoms with E-state index in [0.717, 1.165) is 14.4 Å². The molecule has 1 aromatic carbocycles. The molecule has 126 valence electrons. The third-order valence-corrected chi connectivity index (χ3v) is 4.72. The molecular weight excluding hydrogens is 390 g/mol. The van der Waals surface area contributed by atoms with Crippen LogP contribution in [0.2, 0.25) is 0 Å². The van der Waals surface area contributed by atoms with Crippen molar-refractivity contribution in [2.45, 2.75) is 19.9 Å². The SMILES string of the molecule is CC(C)N(C(=O)COC(=O)/C=C/c1ccc(Br)s1)c1ccccc1. The molecule has 24 heavy (non-hydrogen) atoms. The number of para-hydroxylation sites is 1. The third kappa shape index (κ3) is 5.32. The molecule has 2 rings (SSSR count). The summed E-state index contributed by atoms with van der Waals surface area (Å²) in [5, 5.41) is 0. The van der Waals surface area contributed by atoms with Crippen molar-refractivity contribution in [1.29, 1.82) is 0 Å². The zero-order valence-corrected chi connectivity index (χ0v) is 15.8. The van der Waals surface area contributed by atoms with Gasteiger partial charge in [0.2, 0.25) is 0 Å². The van der Waals surface area contributed by atoms with E-state index in [0.29, 0.717) is 0 Å². The molecule has 6 heteroatoms. The van der Waals surface area contributed by atoms with E-state index in [1.807, 2.05) is 56.3 Å². The van der Waals surface area contributed by atoms with Gasteiger partial charge >= 0.3 is 5.97 Å². The number of anilines is 1. The minimum Gasteiger partial charge on any atom is -0.452 e. The van der Waals surface area contributed by atoms with E-state index in [2.05, 4.69) is 15.9 Å². The van der Waals surface area contributed by atoms with Crippen molar-refractivity contribution < 1.29 is 14.3 Å². The zero-order valence-electron chi connectivity index (χ0n) is 13.4. The molecule has 0 saturated heterocycles. The predicted molar refractivity (Wildman–Crippen MR) is 101 cm³/mol. The number of rotatable bonds is 6. The van der Waals surface area contributed by atoms with E-state index in [1.165, 1.54) is 17.4 Å². The molecular formula is C18H18BrNO3S. The van der Waals surface area contributed by atoms with Gasteiger partial charge in [-0.15, -0.1) is 11.3 Å². The molecule has 2 aromatic rings. The number of carbonyl (C=O) groups is 2. The van der Waals surface area contributed by atoms with Crippen molar-refractivity contribution in [2.24, 2.45) is 0 Å². The van der Waals surface area contributed by atoms with Crippen LogP contribution >= 0.6 is 27.3 Å². The van der Waals surface area contributed by atoms with E-state index in [-0.39, 0.29) is 18.6 Å². The molecule has 0 aliphatic carbocycles. The molecule has 1 aromatic heterocycles. The third-order valence-electron chi connectivity index (χ3n) is 3.14. The molecule has 0 aliphatic heterocycles. The summed E-state index contributed by atoms with van der Waals surface area (Å²) < 4.78 is 6.05. The van der Waals surface area contributed by atoms with Gasteiger partial charge in [0, 0.05) is 22.7 Å². The minimum absolute atomic E-state index is 0.0300. The van der Waals surface area contributed by atoms with Crippen molar-refractivity contribution in [1.82, 2.24) is 0 Å². The highest BCUT2D eigenvalue weighted by Gasteiger charge is 2.19. The van der Waals surface area contributed by atoms with Gasteiger partial charge < -0.3 is 9.64 Å². The van der Waals surface area contributed by atoms with E-state index < -0.39 is 5.97 Å². The smallest absolute Gasteiger partial charge is 0.331 e. The van der Waals surface area contributed by atoms with Gasteiger partial charge in [0.15, 0.2) is 6.61 Å². The van der Waals surface area contributed by atoms with Crippen molar-refractivity contribution in [2.75, 3.05) is 11.5 Å². The summed E-state index contributed by atoms with van der Waals surface area (Å²) in [6, 6.07) is 13.1. The number of hydrogen-bond donors (Lipinski definition) is 0. The number of hydrogen-bond acceptors (Lipinski definition) is 4. The predicted octanol–water partition coefficient (Wildman–Crippen LogP) is 4.51. The summed E-state index contributed by atoms with van der Waals surface area (Å²) in [6.45, 7) is 3.55. The Morgan fingerprint density at radius 2 is 1.92 bits per heavy atom. The molecule has 1 heterocycles. The maximum absolute atomic E-state index is 12.4. The van der Waals surface area contributed by atoms with Crippen molar-refractivity contribution in [3.05, 3.63) is 57.2 Å². The van der Waals surface area contributed by atoms with Gasteiger partial charge in [0.1, 0.15) is 0 Å². The molecule has 0 atom stereocenters. The molecule has 0 fully saturated rings. The van der Waals surface area contributed by atoms with Crippen LogP contribution in [0.3, 0.4) is 0 Å². The minimum atomic E-state index is -0.537. The zero-order chi connectivity index (χ0) is 17.5. The first kappa shape index (κ1) is 18.4. The Hall–Kier alpha value is -1.92. The molecule has 0 saturated carbocycles. The van der Waals surface area contributed by atoms with Gasteiger partial charge in [-0.1, -0.05) is 18.2 Å². The molecule has 0 radical (unpaired) electrons. The normalized spacial score (nSPS) is 11.0. The molecule has 0 N–H and O–H groups in total. The Morgan fingerprint density at radius 1 is 1.21 bits per heavy atom. The average molecular weight is 408 g/mol. The van der Waals surface area contributed by atoms with Crippen molar-refractivity contribution in [3.8, 4) is 0 Å². The topological polar surface area (TPSA) is 46.6 Å². The number of amides is 1. The largest absolute Gasteiger partial charge is 0.452 e. The number of carbonyl (C=O) groups excluding carboxylic acids is 2. The number of halogens is 1. The van der Waals surface area contributed by atoms with Crippen molar-refractivity contribution in [3.63, 3.8) is 0 Å². The van der Waals surface area contributed by atoms with Crippen molar-refractivity contribution >= 4 is 50.9 Å². The van der Waals surface area contributed by atoms with Gasteiger partial charge in [-0.2, -0.15) is 0 Å². The second-order valence-corrected chi connectivity index (χ2v) is 7.77. The van der Waals surface area contributed by atoms with Crippen LogP contribution in [0.15, 0.2) is 52.3 Å². The number of ether oxygens (including phenoxy) is 1. The lowest BCUT2D eigenvalue weighted by Crippen LogP contribution is -2.39. The van der Waals surface area contributed by atoms with Crippen LogP contribution in [0.25, 0.3) is 6.08 Å². The summed E-state index contributed by atoms with van der Waals surface area (Å²) in [7, 11) is 0. The second-order valence-electron chi connectivity index (χ2n) is 5.28. The Bertz CT molecular complexity index is 725. The summed E-state index contributed by atoms with van der Waals surface area (Å²) in [5.41, 5.74) is 0.785. The highest BCUT2D eigenvalue weighted by molar-refractivity contribution is 9.11. The van der Waals surface area contributed by atoms with Crippen LogP contribution in [0.1, 0.15) is 18.7 Å². The van der Waals surface area contributed by atoms with Crippen LogP contribution in [0.5, 0.6) is 0 Å². The first-order chi connectivity index (χ1) is 11.5. The standard InChI is InChI=1S/C18H18BrNO3S/c1-13(2)20(14-6-4-3-5-7-14)17(21)12-23-18(22)11-9-15-8-10-16(19)24-15/h3-11,13H,12H2,1-2H3/b11-9+. The van der Waals surface area contributed by atoms with Crippen LogP contribution < -0.4 is 4.90 Å². The highest BCUT2D eigenvalue weighted by atomic mass is 79.9. The Balaban J connectivity index is 1.93. The van der Waals surface area contributed by atoms with E-state index >= 15 is 0 Å². The van der Waals surface area contributed by atoms with Gasteiger partial charge in [0.05, 0.1) is 3.79 Å². The summed E-state index contributed by atoms with van der Waals surface area (Å²) in [5.74, 6) is -0.790. The Labute approximate surface area is 153 Å². The number of benzene rings is 1. The Morgan fingerprint density at radius 3 is 2.50 bits per heavy atom. The quantitative estimate of drug-likeness (QED) is 0.522. The maximum Gasteiger partial charge on any atom is 0.331 e. The molecule has 0 bridgehead atoms. The number of nitrogens with zero attached hydrogens (tertiary/aromatic N) is 1. The van der Waals surface area contributed by atoms with Gasteiger partial charge in [-0.25, -0.2) is 4.79 Å². The van der Waals surface area contributed by atoms with E-state index in [4.69, 9.17) is 4.74 Å². The fraction of sp³-hybridized carbons (Fsp3) is 0.222. The van der Waals surface area contributed by atoms with Gasteiger partial charge in [-0.05, 0) is 60.1 Å². The van der Waals surface area contributed by atoms with E-state index in [9.17, 15) is 9.59 Å². The molecule has 1 amide bonds. The monoisotopic (exact) mass is 407 g/mol. The highest BCUT2D eigenvalue weighted by Crippen LogP contribution is 2.23. The summed E-state index contributed by atoms with van der Waals surface area (Å²) >= 11 is 4.87. The number of esters is 1. The number of thiophene rings is 1. The molecule has 0 spiro atoms. The lowest BCUT2D eigenvalue weighted by atomic mass is 10.2. The van der Waals surface area contributed by atoms with Crippen LogP contribution in [-0.4, -0.2) is 24.5 Å². The average Bonchev–Trinajstić information content (AvgIpc) is 2.97. The van der Waals surface area contributed by atoms with Crippen LogP contribution in [0, 0.1) is 0 Å². The summed E-state index contributed by atoms with van der Waals surface area (Å²) in [4.78, 5) is 26.7. The molecule has 4 nitrogen and oxygen atoms in total. The second kappa shape index (κ2) is 8.80. The molecule has 0 aliphatic rings. The fourth-order valence-electron chi connectivity index (χ4n) is 2.14.